The molecule has 18 heavy (non-hydrogen) atoms. The van der Waals surface area contributed by atoms with Crippen molar-refractivity contribution in [2.75, 3.05) is 13.7 Å². The third-order valence-electron chi connectivity index (χ3n) is 2.71. The molecule has 3 nitrogen and oxygen atoms in total. The molecule has 1 aromatic rings. The quantitative estimate of drug-likeness (QED) is 0.758. The first-order chi connectivity index (χ1) is 8.45. The molecular weight excluding hydrogens is 240 g/mol. The van der Waals surface area contributed by atoms with Crippen LogP contribution in [-0.4, -0.2) is 30.6 Å². The first kappa shape index (κ1) is 14.6. The van der Waals surface area contributed by atoms with Gasteiger partial charge in [0.25, 0.3) is 0 Å². The van der Waals surface area contributed by atoms with E-state index in [0.717, 1.165) is 0 Å². The highest BCUT2D eigenvalue weighted by atomic mass is 19.1. The molecule has 0 radical (unpaired) electrons. The molecular formula is C13H17F2NO2. The van der Waals surface area contributed by atoms with Gasteiger partial charge in [0, 0.05) is 18.2 Å². The summed E-state index contributed by atoms with van der Waals surface area (Å²) in [5.74, 6) is -1.64. The van der Waals surface area contributed by atoms with Crippen molar-refractivity contribution in [2.45, 2.75) is 26.4 Å². The molecule has 0 heterocycles. The Balaban J connectivity index is 2.87. The molecule has 0 amide bonds. The van der Waals surface area contributed by atoms with E-state index in [1.54, 1.807) is 4.90 Å². The molecule has 0 N–H and O–H groups in total. The molecule has 100 valence electrons. The highest BCUT2D eigenvalue weighted by Crippen LogP contribution is 2.16. The fourth-order valence-corrected chi connectivity index (χ4v) is 1.54. The average Bonchev–Trinajstić information content (AvgIpc) is 2.31. The Morgan fingerprint density at radius 2 is 1.89 bits per heavy atom. The zero-order valence-corrected chi connectivity index (χ0v) is 10.7. The monoisotopic (exact) mass is 257 g/mol. The van der Waals surface area contributed by atoms with Crippen molar-refractivity contribution >= 4 is 5.97 Å². The molecule has 0 unspecified atom stereocenters. The minimum atomic E-state index is -0.606. The number of methoxy groups -OCH3 is 1. The molecule has 1 rings (SSSR count). The number of esters is 1. The van der Waals surface area contributed by atoms with Gasteiger partial charge in [-0.2, -0.15) is 0 Å². The highest BCUT2D eigenvalue weighted by molar-refractivity contribution is 5.71. The lowest BCUT2D eigenvalue weighted by atomic mass is 10.1. The normalized spacial score (nSPS) is 11.1. The summed E-state index contributed by atoms with van der Waals surface area (Å²) >= 11 is 0. The second-order valence-corrected chi connectivity index (χ2v) is 4.28. The Bertz CT molecular complexity index is 401. The molecule has 0 aliphatic heterocycles. The topological polar surface area (TPSA) is 29.5 Å². The maximum Gasteiger partial charge on any atom is 0.319 e. The Morgan fingerprint density at radius 3 is 2.33 bits per heavy atom. The molecule has 0 aliphatic rings. The van der Waals surface area contributed by atoms with Crippen molar-refractivity contribution in [3.8, 4) is 0 Å². The van der Waals surface area contributed by atoms with Gasteiger partial charge in [-0.25, -0.2) is 8.78 Å². The van der Waals surface area contributed by atoms with E-state index in [1.165, 1.54) is 25.3 Å². The number of halogens is 2. The molecule has 0 bridgehead atoms. The van der Waals surface area contributed by atoms with Crippen molar-refractivity contribution in [2.24, 2.45) is 0 Å². The van der Waals surface area contributed by atoms with Crippen LogP contribution < -0.4 is 0 Å². The maximum absolute atomic E-state index is 13.5. The van der Waals surface area contributed by atoms with Gasteiger partial charge in [0.05, 0.1) is 13.7 Å². The fraction of sp³-hybridized carbons (Fsp3) is 0.462. The fourth-order valence-electron chi connectivity index (χ4n) is 1.54. The van der Waals surface area contributed by atoms with Crippen LogP contribution in [-0.2, 0) is 16.1 Å². The minimum Gasteiger partial charge on any atom is -0.468 e. The van der Waals surface area contributed by atoms with Crippen LogP contribution in [0.1, 0.15) is 19.4 Å². The summed E-state index contributed by atoms with van der Waals surface area (Å²) in [7, 11) is 1.28. The summed E-state index contributed by atoms with van der Waals surface area (Å²) in [6, 6.07) is 3.70. The zero-order valence-electron chi connectivity index (χ0n) is 10.7. The van der Waals surface area contributed by atoms with Gasteiger partial charge < -0.3 is 4.74 Å². The van der Waals surface area contributed by atoms with Gasteiger partial charge in [-0.15, -0.1) is 0 Å². The molecule has 5 heteroatoms. The van der Waals surface area contributed by atoms with E-state index in [9.17, 15) is 13.6 Å². The summed E-state index contributed by atoms with van der Waals surface area (Å²) in [5, 5.41) is 0. The van der Waals surface area contributed by atoms with Crippen LogP contribution in [0.4, 0.5) is 8.78 Å². The van der Waals surface area contributed by atoms with Crippen molar-refractivity contribution in [1.29, 1.82) is 0 Å². The van der Waals surface area contributed by atoms with E-state index in [2.05, 4.69) is 4.74 Å². The Kier molecular flexibility index (Phi) is 5.22. The number of nitrogens with zero attached hydrogens (tertiary/aromatic N) is 1. The van der Waals surface area contributed by atoms with Crippen LogP contribution in [0.2, 0.25) is 0 Å². The van der Waals surface area contributed by atoms with Gasteiger partial charge in [-0.05, 0) is 26.0 Å². The molecule has 0 atom stereocenters. The minimum absolute atomic E-state index is 0.00193. The number of hydrogen-bond acceptors (Lipinski definition) is 3. The smallest absolute Gasteiger partial charge is 0.319 e. The van der Waals surface area contributed by atoms with E-state index in [0.29, 0.717) is 0 Å². The lowest BCUT2D eigenvalue weighted by Gasteiger charge is -2.25. The number of hydrogen-bond donors (Lipinski definition) is 0. The van der Waals surface area contributed by atoms with E-state index < -0.39 is 17.6 Å². The largest absolute Gasteiger partial charge is 0.468 e. The van der Waals surface area contributed by atoms with E-state index in [4.69, 9.17) is 0 Å². The number of ether oxygens (including phenoxy) is 1. The van der Waals surface area contributed by atoms with Gasteiger partial charge in [0.15, 0.2) is 0 Å². The van der Waals surface area contributed by atoms with E-state index in [-0.39, 0.29) is 24.7 Å². The number of rotatable bonds is 5. The van der Waals surface area contributed by atoms with E-state index in [1.807, 2.05) is 13.8 Å². The number of carbonyl (C=O) groups is 1. The first-order valence-corrected chi connectivity index (χ1v) is 5.69. The molecule has 0 saturated heterocycles. The van der Waals surface area contributed by atoms with Crippen LogP contribution in [0.5, 0.6) is 0 Å². The van der Waals surface area contributed by atoms with Crippen LogP contribution in [0.3, 0.4) is 0 Å². The highest BCUT2D eigenvalue weighted by Gasteiger charge is 2.18. The number of carbonyl (C=O) groups excluding carboxylic acids is 1. The summed E-state index contributed by atoms with van der Waals surface area (Å²) in [5.41, 5.74) is -0.0323. The zero-order chi connectivity index (χ0) is 13.7. The lowest BCUT2D eigenvalue weighted by Crippen LogP contribution is -2.36. The first-order valence-electron chi connectivity index (χ1n) is 5.69. The second-order valence-electron chi connectivity index (χ2n) is 4.28. The standard InChI is InChI=1S/C13H17F2NO2/c1-9(2)16(8-13(17)18-3)7-10-11(14)5-4-6-12(10)15/h4-6,9H,7-8H2,1-3H3. The summed E-state index contributed by atoms with van der Waals surface area (Å²) in [6.07, 6.45) is 0. The SMILES string of the molecule is COC(=O)CN(Cc1c(F)cccc1F)C(C)C. The molecule has 0 spiro atoms. The molecule has 0 fully saturated rings. The summed E-state index contributed by atoms with van der Waals surface area (Å²) < 4.78 is 31.6. The van der Waals surface area contributed by atoms with Gasteiger partial charge in [0.1, 0.15) is 11.6 Å². The van der Waals surface area contributed by atoms with Gasteiger partial charge in [-0.3, -0.25) is 9.69 Å². The van der Waals surface area contributed by atoms with Crippen LogP contribution in [0.15, 0.2) is 18.2 Å². The molecule has 1 aromatic carbocycles. The summed E-state index contributed by atoms with van der Waals surface area (Å²) in [6.45, 7) is 3.73. The van der Waals surface area contributed by atoms with Crippen molar-refractivity contribution in [3.63, 3.8) is 0 Å². The average molecular weight is 257 g/mol. The van der Waals surface area contributed by atoms with Crippen molar-refractivity contribution in [3.05, 3.63) is 35.4 Å². The maximum atomic E-state index is 13.5. The Hall–Kier alpha value is -1.49. The summed E-state index contributed by atoms with van der Waals surface area (Å²) in [4.78, 5) is 12.9. The Labute approximate surface area is 105 Å². The Morgan fingerprint density at radius 1 is 1.33 bits per heavy atom. The lowest BCUT2D eigenvalue weighted by molar-refractivity contribution is -0.142. The molecule has 0 aliphatic carbocycles. The van der Waals surface area contributed by atoms with Crippen LogP contribution in [0.25, 0.3) is 0 Å². The van der Waals surface area contributed by atoms with Gasteiger partial charge in [0.2, 0.25) is 0 Å². The predicted octanol–water partition coefficient (Wildman–Crippen LogP) is 2.35. The van der Waals surface area contributed by atoms with Gasteiger partial charge in [-0.1, -0.05) is 6.07 Å². The van der Waals surface area contributed by atoms with Crippen LogP contribution in [0, 0.1) is 11.6 Å². The van der Waals surface area contributed by atoms with Crippen LogP contribution >= 0.6 is 0 Å². The number of benzene rings is 1. The molecule has 0 saturated carbocycles. The molecule has 0 aromatic heterocycles. The third kappa shape index (κ3) is 3.77. The second kappa shape index (κ2) is 6.44. The third-order valence-corrected chi connectivity index (χ3v) is 2.71. The van der Waals surface area contributed by atoms with Crippen molar-refractivity contribution < 1.29 is 18.3 Å². The van der Waals surface area contributed by atoms with E-state index >= 15 is 0 Å². The van der Waals surface area contributed by atoms with Crippen molar-refractivity contribution in [1.82, 2.24) is 4.90 Å². The predicted molar refractivity (Wildman–Crippen MR) is 63.9 cm³/mol. The van der Waals surface area contributed by atoms with Gasteiger partial charge >= 0.3 is 5.97 Å².